The highest BCUT2D eigenvalue weighted by molar-refractivity contribution is 5.71. The molecule has 1 atom stereocenters. The lowest BCUT2D eigenvalue weighted by Gasteiger charge is -2.18. The monoisotopic (exact) mass is 1080 g/mol. The van der Waals surface area contributed by atoms with Crippen LogP contribution in [0.15, 0.2) is 24.3 Å². The molecule has 0 aliphatic rings. The van der Waals surface area contributed by atoms with Crippen LogP contribution in [0.4, 0.5) is 0 Å². The standard InChI is InChI=1S/C71H134O6/c1-4-7-10-13-16-19-22-25-27-29-30-31-32-33-34-35-36-37-38-39-40-42-43-46-49-52-55-58-61-64-70(73)76-67-68(66-75-69(72)63-60-57-54-51-48-45-24-21-18-15-12-9-6-3)77-71(74)65-62-59-56-53-50-47-44-41-28-26-23-20-17-14-11-8-5-2/h22,25,29-30,68H,4-21,23-24,26-28,31-67H2,1-3H3/b25-22-,30-29-. The van der Waals surface area contributed by atoms with Crippen molar-refractivity contribution < 1.29 is 28.6 Å². The summed E-state index contributed by atoms with van der Waals surface area (Å²) in [4.78, 5) is 38.4. The Hall–Kier alpha value is -2.11. The van der Waals surface area contributed by atoms with Gasteiger partial charge >= 0.3 is 17.9 Å². The Morgan fingerprint density at radius 3 is 0.714 bits per heavy atom. The van der Waals surface area contributed by atoms with E-state index < -0.39 is 6.10 Å². The van der Waals surface area contributed by atoms with E-state index in [2.05, 4.69) is 45.1 Å². The van der Waals surface area contributed by atoms with Crippen LogP contribution in [0.5, 0.6) is 0 Å². The first-order valence-electron chi connectivity index (χ1n) is 34.8. The summed E-state index contributed by atoms with van der Waals surface area (Å²) in [6.45, 7) is 6.71. The summed E-state index contributed by atoms with van der Waals surface area (Å²) in [5.74, 6) is -0.830. The van der Waals surface area contributed by atoms with E-state index >= 15 is 0 Å². The molecule has 0 heterocycles. The molecule has 0 amide bonds. The maximum absolute atomic E-state index is 12.9. The summed E-state index contributed by atoms with van der Waals surface area (Å²) in [6.07, 6.45) is 80.6. The van der Waals surface area contributed by atoms with Gasteiger partial charge in [0.15, 0.2) is 6.10 Å². The zero-order chi connectivity index (χ0) is 55.7. The maximum atomic E-state index is 12.9. The van der Waals surface area contributed by atoms with E-state index in [9.17, 15) is 14.4 Å². The molecule has 0 aromatic carbocycles. The minimum Gasteiger partial charge on any atom is -0.462 e. The van der Waals surface area contributed by atoms with Gasteiger partial charge in [0, 0.05) is 19.3 Å². The van der Waals surface area contributed by atoms with Gasteiger partial charge in [-0.2, -0.15) is 0 Å². The van der Waals surface area contributed by atoms with Crippen LogP contribution in [0.2, 0.25) is 0 Å². The molecular weight excluding hydrogens is 949 g/mol. The van der Waals surface area contributed by atoms with Gasteiger partial charge in [-0.15, -0.1) is 0 Å². The van der Waals surface area contributed by atoms with E-state index in [1.54, 1.807) is 0 Å². The molecule has 6 nitrogen and oxygen atoms in total. The molecular formula is C71H134O6. The molecule has 454 valence electrons. The van der Waals surface area contributed by atoms with Crippen LogP contribution in [0, 0.1) is 0 Å². The normalized spacial score (nSPS) is 12.1. The molecule has 0 rings (SSSR count). The second-order valence-electron chi connectivity index (χ2n) is 23.8. The van der Waals surface area contributed by atoms with Gasteiger partial charge in [-0.05, 0) is 51.4 Å². The number of esters is 3. The highest BCUT2D eigenvalue weighted by Crippen LogP contribution is 2.19. The average Bonchev–Trinajstić information content (AvgIpc) is 3.43. The Kier molecular flexibility index (Phi) is 64.6. The SMILES string of the molecule is CCCCCCC/C=C\C/C=C\CCCCCCCCCCCCCCCCCCCC(=O)OCC(COC(=O)CCCCCCCCCCCCCCC)OC(=O)CCCCCCCCCCCCCCCCCCC. The van der Waals surface area contributed by atoms with Crippen LogP contribution in [0.1, 0.15) is 393 Å². The fourth-order valence-corrected chi connectivity index (χ4v) is 10.7. The van der Waals surface area contributed by atoms with Crippen molar-refractivity contribution in [1.82, 2.24) is 0 Å². The van der Waals surface area contributed by atoms with Gasteiger partial charge in [0.2, 0.25) is 0 Å². The van der Waals surface area contributed by atoms with Crippen molar-refractivity contribution in [3.05, 3.63) is 24.3 Å². The third kappa shape index (κ3) is 64.6. The van der Waals surface area contributed by atoms with Crippen LogP contribution in [-0.4, -0.2) is 37.2 Å². The van der Waals surface area contributed by atoms with E-state index in [-0.39, 0.29) is 31.1 Å². The van der Waals surface area contributed by atoms with E-state index in [1.165, 1.54) is 289 Å². The van der Waals surface area contributed by atoms with Gasteiger partial charge in [0.25, 0.3) is 0 Å². The Morgan fingerprint density at radius 1 is 0.260 bits per heavy atom. The molecule has 0 radical (unpaired) electrons. The fraction of sp³-hybridized carbons (Fsp3) is 0.901. The predicted octanol–water partition coefficient (Wildman–Crippen LogP) is 23.8. The molecule has 77 heavy (non-hydrogen) atoms. The topological polar surface area (TPSA) is 78.9 Å². The van der Waals surface area contributed by atoms with Gasteiger partial charge in [-0.1, -0.05) is 347 Å². The average molecular weight is 1080 g/mol. The quantitative estimate of drug-likeness (QED) is 0.0261. The van der Waals surface area contributed by atoms with E-state index in [0.29, 0.717) is 19.3 Å². The van der Waals surface area contributed by atoms with Crippen molar-refractivity contribution in [3.63, 3.8) is 0 Å². The van der Waals surface area contributed by atoms with Crippen LogP contribution in [0.3, 0.4) is 0 Å². The van der Waals surface area contributed by atoms with Crippen molar-refractivity contribution in [3.8, 4) is 0 Å². The predicted molar refractivity (Wildman–Crippen MR) is 335 cm³/mol. The van der Waals surface area contributed by atoms with Gasteiger partial charge in [-0.3, -0.25) is 14.4 Å². The van der Waals surface area contributed by atoms with Crippen LogP contribution < -0.4 is 0 Å². The highest BCUT2D eigenvalue weighted by atomic mass is 16.6. The number of carbonyl (C=O) groups excluding carboxylic acids is 3. The number of unbranched alkanes of at least 4 members (excludes halogenated alkanes) is 50. The summed E-state index contributed by atoms with van der Waals surface area (Å²) in [5.41, 5.74) is 0. The molecule has 0 saturated heterocycles. The number of allylic oxidation sites excluding steroid dienone is 4. The van der Waals surface area contributed by atoms with Crippen molar-refractivity contribution >= 4 is 17.9 Å². The molecule has 0 fully saturated rings. The van der Waals surface area contributed by atoms with Gasteiger partial charge in [0.1, 0.15) is 13.2 Å². The summed E-state index contributed by atoms with van der Waals surface area (Å²) in [6, 6.07) is 0. The summed E-state index contributed by atoms with van der Waals surface area (Å²) < 4.78 is 17.0. The Bertz CT molecular complexity index is 1240. The number of rotatable bonds is 65. The lowest BCUT2D eigenvalue weighted by molar-refractivity contribution is -0.167. The van der Waals surface area contributed by atoms with Crippen LogP contribution in [0.25, 0.3) is 0 Å². The molecule has 0 spiro atoms. The van der Waals surface area contributed by atoms with E-state index in [0.717, 1.165) is 64.2 Å². The van der Waals surface area contributed by atoms with Crippen molar-refractivity contribution in [2.75, 3.05) is 13.2 Å². The third-order valence-electron chi connectivity index (χ3n) is 16.0. The van der Waals surface area contributed by atoms with Crippen LogP contribution >= 0.6 is 0 Å². The zero-order valence-corrected chi connectivity index (χ0v) is 52.3. The molecule has 0 aromatic rings. The summed E-state index contributed by atoms with van der Waals surface area (Å²) in [7, 11) is 0. The second kappa shape index (κ2) is 66.4. The summed E-state index contributed by atoms with van der Waals surface area (Å²) >= 11 is 0. The first kappa shape index (κ1) is 74.9. The largest absolute Gasteiger partial charge is 0.462 e. The van der Waals surface area contributed by atoms with Gasteiger partial charge in [0.05, 0.1) is 0 Å². The summed E-state index contributed by atoms with van der Waals surface area (Å²) in [5, 5.41) is 0. The second-order valence-corrected chi connectivity index (χ2v) is 23.8. The fourth-order valence-electron chi connectivity index (χ4n) is 10.7. The lowest BCUT2D eigenvalue weighted by atomic mass is 10.0. The van der Waals surface area contributed by atoms with Crippen LogP contribution in [-0.2, 0) is 28.6 Å². The number of hydrogen-bond acceptors (Lipinski definition) is 6. The maximum Gasteiger partial charge on any atom is 0.306 e. The third-order valence-corrected chi connectivity index (χ3v) is 16.0. The first-order valence-corrected chi connectivity index (χ1v) is 34.8. The molecule has 0 aliphatic carbocycles. The van der Waals surface area contributed by atoms with Crippen molar-refractivity contribution in [2.24, 2.45) is 0 Å². The minimum absolute atomic E-state index is 0.0633. The highest BCUT2D eigenvalue weighted by Gasteiger charge is 2.19. The Labute approximate surface area is 481 Å². The number of ether oxygens (including phenoxy) is 3. The molecule has 0 bridgehead atoms. The van der Waals surface area contributed by atoms with Gasteiger partial charge < -0.3 is 14.2 Å². The Balaban J connectivity index is 4.16. The molecule has 6 heteroatoms. The molecule has 0 aliphatic heterocycles. The minimum atomic E-state index is -0.766. The van der Waals surface area contributed by atoms with Gasteiger partial charge in [-0.25, -0.2) is 0 Å². The molecule has 0 saturated carbocycles. The first-order chi connectivity index (χ1) is 38.0. The molecule has 1 unspecified atom stereocenters. The molecule has 0 N–H and O–H groups in total. The zero-order valence-electron chi connectivity index (χ0n) is 52.3. The number of carbonyl (C=O) groups is 3. The number of hydrogen-bond donors (Lipinski definition) is 0. The van der Waals surface area contributed by atoms with Crippen molar-refractivity contribution in [2.45, 2.75) is 399 Å². The van der Waals surface area contributed by atoms with E-state index in [4.69, 9.17) is 14.2 Å². The van der Waals surface area contributed by atoms with Crippen molar-refractivity contribution in [1.29, 1.82) is 0 Å². The Morgan fingerprint density at radius 2 is 0.468 bits per heavy atom. The smallest absolute Gasteiger partial charge is 0.306 e. The lowest BCUT2D eigenvalue weighted by Crippen LogP contribution is -2.30. The molecule has 0 aromatic heterocycles. The van der Waals surface area contributed by atoms with E-state index in [1.807, 2.05) is 0 Å².